The summed E-state index contributed by atoms with van der Waals surface area (Å²) in [6, 6.07) is 9.69. The van der Waals surface area contributed by atoms with Gasteiger partial charge in [0, 0.05) is 10.6 Å². The van der Waals surface area contributed by atoms with Crippen LogP contribution in [0.2, 0.25) is 0 Å². The van der Waals surface area contributed by atoms with Crippen molar-refractivity contribution in [2.75, 3.05) is 6.26 Å². The van der Waals surface area contributed by atoms with E-state index >= 15 is 0 Å². The summed E-state index contributed by atoms with van der Waals surface area (Å²) in [6.45, 7) is 4.03. The molecule has 5 heteroatoms. The van der Waals surface area contributed by atoms with Crippen molar-refractivity contribution in [3.05, 3.63) is 47.3 Å². The minimum absolute atomic E-state index is 0.341. The highest BCUT2D eigenvalue weighted by atomic mass is 32.2. The molecule has 1 aromatic carbocycles. The molecule has 110 valence electrons. The fourth-order valence-electron chi connectivity index (χ4n) is 2.07. The Morgan fingerprint density at radius 1 is 1.29 bits per heavy atom. The molecule has 0 atom stereocenters. The Labute approximate surface area is 134 Å². The molecule has 0 aliphatic carbocycles. The summed E-state index contributed by atoms with van der Waals surface area (Å²) >= 11 is 6.77. The van der Waals surface area contributed by atoms with Crippen LogP contribution in [0.1, 0.15) is 23.9 Å². The maximum Gasteiger partial charge on any atom is 0.148 e. The van der Waals surface area contributed by atoms with Crippen molar-refractivity contribution in [2.45, 2.75) is 25.2 Å². The van der Waals surface area contributed by atoms with Gasteiger partial charge in [0.1, 0.15) is 16.5 Å². The van der Waals surface area contributed by atoms with Crippen LogP contribution in [0.4, 0.5) is 0 Å². The summed E-state index contributed by atoms with van der Waals surface area (Å²) in [5.41, 5.74) is 8.55. The first-order valence-electron chi connectivity index (χ1n) is 6.68. The van der Waals surface area contributed by atoms with Crippen molar-refractivity contribution in [3.63, 3.8) is 0 Å². The number of nitrogens with two attached hydrogens (primary N) is 1. The Hall–Kier alpha value is -1.59. The van der Waals surface area contributed by atoms with E-state index in [2.05, 4.69) is 11.9 Å². The zero-order valence-electron chi connectivity index (χ0n) is 12.3. The third kappa shape index (κ3) is 3.54. The van der Waals surface area contributed by atoms with Crippen LogP contribution in [0.25, 0.3) is 0 Å². The third-order valence-electron chi connectivity index (χ3n) is 3.08. The summed E-state index contributed by atoms with van der Waals surface area (Å²) < 4.78 is 6.05. The van der Waals surface area contributed by atoms with E-state index in [-0.39, 0.29) is 0 Å². The third-order valence-corrected chi connectivity index (χ3v) is 4.06. The van der Waals surface area contributed by atoms with E-state index in [1.54, 1.807) is 11.8 Å². The first-order chi connectivity index (χ1) is 10.1. The SMILES string of the molecule is CCc1nc(C)ccc1Oc1cccc(SC)c1C(N)=S. The molecule has 1 heterocycles. The highest BCUT2D eigenvalue weighted by molar-refractivity contribution is 7.98. The molecule has 0 aliphatic rings. The summed E-state index contributed by atoms with van der Waals surface area (Å²) in [4.78, 5) is 5.86. The maximum absolute atomic E-state index is 6.05. The Morgan fingerprint density at radius 2 is 2.05 bits per heavy atom. The van der Waals surface area contributed by atoms with Gasteiger partial charge in [-0.05, 0) is 43.9 Å². The summed E-state index contributed by atoms with van der Waals surface area (Å²) in [7, 11) is 0. The fourth-order valence-corrected chi connectivity index (χ4v) is 2.98. The Morgan fingerprint density at radius 3 is 2.67 bits per heavy atom. The average Bonchev–Trinajstić information content (AvgIpc) is 2.48. The van der Waals surface area contributed by atoms with E-state index in [4.69, 9.17) is 22.7 Å². The zero-order valence-corrected chi connectivity index (χ0v) is 14.0. The van der Waals surface area contributed by atoms with E-state index in [1.165, 1.54) is 0 Å². The largest absolute Gasteiger partial charge is 0.455 e. The zero-order chi connectivity index (χ0) is 15.4. The monoisotopic (exact) mass is 318 g/mol. The molecule has 0 saturated carbocycles. The van der Waals surface area contributed by atoms with Crippen molar-refractivity contribution >= 4 is 29.0 Å². The van der Waals surface area contributed by atoms with Crippen molar-refractivity contribution in [2.24, 2.45) is 5.73 Å². The van der Waals surface area contributed by atoms with Gasteiger partial charge in [0.2, 0.25) is 0 Å². The Kier molecular flexibility index (Phi) is 5.20. The van der Waals surface area contributed by atoms with Crippen molar-refractivity contribution < 1.29 is 4.74 Å². The first-order valence-corrected chi connectivity index (χ1v) is 8.31. The molecule has 2 aromatic rings. The van der Waals surface area contributed by atoms with Gasteiger partial charge in [-0.3, -0.25) is 4.98 Å². The van der Waals surface area contributed by atoms with Gasteiger partial charge in [-0.15, -0.1) is 11.8 Å². The highest BCUT2D eigenvalue weighted by Gasteiger charge is 2.14. The summed E-state index contributed by atoms with van der Waals surface area (Å²) in [5, 5.41) is 0. The second-order valence-corrected chi connectivity index (χ2v) is 5.84. The van der Waals surface area contributed by atoms with Gasteiger partial charge in [0.05, 0.1) is 11.3 Å². The molecule has 0 fully saturated rings. The van der Waals surface area contributed by atoms with E-state index in [9.17, 15) is 0 Å². The number of hydrogen-bond acceptors (Lipinski definition) is 4. The van der Waals surface area contributed by atoms with Gasteiger partial charge in [-0.1, -0.05) is 25.2 Å². The van der Waals surface area contributed by atoms with Gasteiger partial charge >= 0.3 is 0 Å². The number of pyridine rings is 1. The van der Waals surface area contributed by atoms with E-state index in [0.29, 0.717) is 10.7 Å². The number of aromatic nitrogens is 1. The smallest absolute Gasteiger partial charge is 0.148 e. The van der Waals surface area contributed by atoms with Gasteiger partial charge in [0.15, 0.2) is 0 Å². The van der Waals surface area contributed by atoms with E-state index < -0.39 is 0 Å². The fraction of sp³-hybridized carbons (Fsp3) is 0.250. The van der Waals surface area contributed by atoms with Crippen molar-refractivity contribution in [3.8, 4) is 11.5 Å². The summed E-state index contributed by atoms with van der Waals surface area (Å²) in [5.74, 6) is 1.42. The number of thioether (sulfide) groups is 1. The number of thiocarbonyl (C=S) groups is 1. The maximum atomic E-state index is 6.05. The van der Waals surface area contributed by atoms with Crippen LogP contribution in [-0.2, 0) is 6.42 Å². The van der Waals surface area contributed by atoms with E-state index in [1.807, 2.05) is 43.5 Å². The van der Waals surface area contributed by atoms with Crippen LogP contribution in [0.15, 0.2) is 35.2 Å². The Balaban J connectivity index is 2.47. The highest BCUT2D eigenvalue weighted by Crippen LogP contribution is 2.33. The van der Waals surface area contributed by atoms with Gasteiger partial charge in [-0.25, -0.2) is 0 Å². The lowest BCUT2D eigenvalue weighted by atomic mass is 10.2. The molecule has 0 aliphatic heterocycles. The minimum atomic E-state index is 0.341. The number of benzene rings is 1. The molecule has 3 nitrogen and oxygen atoms in total. The summed E-state index contributed by atoms with van der Waals surface area (Å²) in [6.07, 6.45) is 2.80. The predicted octanol–water partition coefficient (Wildman–Crippen LogP) is 4.10. The standard InChI is InChI=1S/C16H18N2OS2/c1-4-11-12(9-8-10(2)18-11)19-13-6-5-7-14(21-3)15(13)16(17)20/h5-9H,4H2,1-3H3,(H2,17,20). The van der Waals surface area contributed by atoms with Gasteiger partial charge in [0.25, 0.3) is 0 Å². The van der Waals surface area contributed by atoms with Crippen LogP contribution in [0.5, 0.6) is 11.5 Å². The molecule has 0 unspecified atom stereocenters. The van der Waals surface area contributed by atoms with Gasteiger partial charge < -0.3 is 10.5 Å². The molecule has 1 aromatic heterocycles. The molecule has 0 radical (unpaired) electrons. The molecule has 0 amide bonds. The molecule has 2 rings (SSSR count). The predicted molar refractivity (Wildman–Crippen MR) is 92.5 cm³/mol. The molecule has 2 N–H and O–H groups in total. The molecule has 21 heavy (non-hydrogen) atoms. The molecule has 0 bridgehead atoms. The first kappa shape index (κ1) is 15.8. The topological polar surface area (TPSA) is 48.1 Å². The van der Waals surface area contributed by atoms with Gasteiger partial charge in [-0.2, -0.15) is 0 Å². The number of nitrogens with zero attached hydrogens (tertiary/aromatic N) is 1. The Bertz CT molecular complexity index is 671. The van der Waals surface area contributed by atoms with Crippen LogP contribution < -0.4 is 10.5 Å². The minimum Gasteiger partial charge on any atom is -0.455 e. The van der Waals surface area contributed by atoms with Crippen LogP contribution >= 0.6 is 24.0 Å². The molecule has 0 spiro atoms. The molecular weight excluding hydrogens is 300 g/mol. The molecule has 0 saturated heterocycles. The van der Waals surface area contributed by atoms with Crippen LogP contribution in [0.3, 0.4) is 0 Å². The van der Waals surface area contributed by atoms with Crippen LogP contribution in [0, 0.1) is 6.92 Å². The lowest BCUT2D eigenvalue weighted by molar-refractivity contribution is 0.470. The number of rotatable bonds is 5. The second-order valence-electron chi connectivity index (χ2n) is 4.55. The van der Waals surface area contributed by atoms with Crippen LogP contribution in [-0.4, -0.2) is 16.2 Å². The van der Waals surface area contributed by atoms with Crippen molar-refractivity contribution in [1.29, 1.82) is 0 Å². The second kappa shape index (κ2) is 6.91. The lowest BCUT2D eigenvalue weighted by Gasteiger charge is -2.15. The van der Waals surface area contributed by atoms with Crippen molar-refractivity contribution in [1.82, 2.24) is 4.98 Å². The normalized spacial score (nSPS) is 10.4. The molecular formula is C16H18N2OS2. The lowest BCUT2D eigenvalue weighted by Crippen LogP contribution is -2.12. The number of ether oxygens (including phenoxy) is 1. The average molecular weight is 318 g/mol. The van der Waals surface area contributed by atoms with E-state index in [0.717, 1.165) is 34.0 Å². The number of hydrogen-bond donors (Lipinski definition) is 1. The quantitative estimate of drug-likeness (QED) is 0.664. The number of aryl methyl sites for hydroxylation is 2.